The van der Waals surface area contributed by atoms with Crippen LogP contribution in [0.3, 0.4) is 0 Å². The van der Waals surface area contributed by atoms with E-state index in [0.29, 0.717) is 6.54 Å². The molecule has 0 aromatic heterocycles. The third kappa shape index (κ3) is 1.60. The van der Waals surface area contributed by atoms with Crippen LogP contribution in [0.15, 0.2) is 12.2 Å². The van der Waals surface area contributed by atoms with Crippen molar-refractivity contribution in [3.8, 4) is 0 Å². The highest BCUT2D eigenvalue weighted by Gasteiger charge is 2.30. The van der Waals surface area contributed by atoms with Crippen LogP contribution in [0.5, 0.6) is 0 Å². The second-order valence-electron chi connectivity index (χ2n) is 4.16. The summed E-state index contributed by atoms with van der Waals surface area (Å²) in [7, 11) is 0. The fourth-order valence-electron chi connectivity index (χ4n) is 1.47. The number of rotatable bonds is 0. The largest absolute Gasteiger partial charge is 0.530 e. The Morgan fingerprint density at radius 3 is 2.50 bits per heavy atom. The van der Waals surface area contributed by atoms with E-state index in [1.807, 2.05) is 32.9 Å². The average molecular weight is 168 g/mol. The van der Waals surface area contributed by atoms with E-state index in [1.54, 1.807) is 0 Å². The Morgan fingerprint density at radius 1 is 1.58 bits per heavy atom. The van der Waals surface area contributed by atoms with Crippen LogP contribution in [0.2, 0.25) is 0 Å². The smallest absolute Gasteiger partial charge is 0.137 e. The summed E-state index contributed by atoms with van der Waals surface area (Å²) in [6, 6.07) is -0.0394. The SMILES string of the molecule is CC(C)(C)C1C=CCN1C(=O)[O-]. The minimum absolute atomic E-state index is 0.0394. The lowest BCUT2D eigenvalue weighted by molar-refractivity contribution is -0.267. The molecule has 68 valence electrons. The van der Waals surface area contributed by atoms with Gasteiger partial charge in [-0.05, 0) is 5.41 Å². The summed E-state index contributed by atoms with van der Waals surface area (Å²) in [5, 5.41) is 10.6. The topological polar surface area (TPSA) is 43.4 Å². The molecule has 0 saturated carbocycles. The first-order valence-electron chi connectivity index (χ1n) is 4.07. The van der Waals surface area contributed by atoms with Crippen LogP contribution < -0.4 is 5.11 Å². The van der Waals surface area contributed by atoms with Gasteiger partial charge in [0, 0.05) is 6.54 Å². The molecule has 1 heterocycles. The molecule has 0 aromatic carbocycles. The van der Waals surface area contributed by atoms with E-state index in [2.05, 4.69) is 0 Å². The normalized spacial score (nSPS) is 23.2. The second-order valence-corrected chi connectivity index (χ2v) is 4.16. The maximum Gasteiger partial charge on any atom is 0.137 e. The molecule has 1 aliphatic rings. The predicted molar refractivity (Wildman–Crippen MR) is 44.5 cm³/mol. The molecule has 1 atom stereocenters. The standard InChI is InChI=1S/C9H15NO2/c1-9(2,3)7-5-4-6-10(7)8(11)12/h4-5,7H,6H2,1-3H3,(H,11,12)/p-1. The van der Waals surface area contributed by atoms with E-state index in [-0.39, 0.29) is 11.5 Å². The summed E-state index contributed by atoms with van der Waals surface area (Å²) in [6.07, 6.45) is 2.71. The van der Waals surface area contributed by atoms with Gasteiger partial charge in [0.05, 0.1) is 6.04 Å². The molecule has 0 spiro atoms. The highest BCUT2D eigenvalue weighted by molar-refractivity contribution is 5.64. The summed E-state index contributed by atoms with van der Waals surface area (Å²) < 4.78 is 0. The van der Waals surface area contributed by atoms with Crippen molar-refractivity contribution in [1.82, 2.24) is 4.90 Å². The molecular formula is C9H14NO2-. The molecule has 0 radical (unpaired) electrons. The van der Waals surface area contributed by atoms with Crippen LogP contribution >= 0.6 is 0 Å². The summed E-state index contributed by atoms with van der Waals surface area (Å²) in [5.41, 5.74) is -0.0485. The predicted octanol–water partition coefficient (Wildman–Crippen LogP) is 0.616. The van der Waals surface area contributed by atoms with Crippen LogP contribution in [-0.4, -0.2) is 23.6 Å². The zero-order chi connectivity index (χ0) is 9.35. The lowest BCUT2D eigenvalue weighted by Gasteiger charge is -2.36. The number of hydrogen-bond donors (Lipinski definition) is 0. The summed E-state index contributed by atoms with van der Waals surface area (Å²) in [5.74, 6) is 0. The lowest BCUT2D eigenvalue weighted by atomic mass is 9.87. The first kappa shape index (κ1) is 9.10. The van der Waals surface area contributed by atoms with Crippen LogP contribution in [0, 0.1) is 5.41 Å². The van der Waals surface area contributed by atoms with E-state index in [4.69, 9.17) is 0 Å². The molecule has 0 aromatic rings. The van der Waals surface area contributed by atoms with Gasteiger partial charge in [0.15, 0.2) is 0 Å². The van der Waals surface area contributed by atoms with Gasteiger partial charge in [0.25, 0.3) is 0 Å². The molecule has 0 N–H and O–H groups in total. The van der Waals surface area contributed by atoms with E-state index >= 15 is 0 Å². The summed E-state index contributed by atoms with van der Waals surface area (Å²) >= 11 is 0. The zero-order valence-corrected chi connectivity index (χ0v) is 7.70. The highest BCUT2D eigenvalue weighted by Crippen LogP contribution is 2.28. The van der Waals surface area contributed by atoms with Crippen LogP contribution in [0.25, 0.3) is 0 Å². The van der Waals surface area contributed by atoms with E-state index < -0.39 is 6.09 Å². The Bertz CT molecular complexity index is 215. The summed E-state index contributed by atoms with van der Waals surface area (Å²) in [6.45, 7) is 6.51. The third-order valence-corrected chi connectivity index (χ3v) is 2.08. The Kier molecular flexibility index (Phi) is 2.13. The van der Waals surface area contributed by atoms with Crippen LogP contribution in [0.1, 0.15) is 20.8 Å². The molecule has 0 saturated heterocycles. The minimum Gasteiger partial charge on any atom is -0.530 e. The van der Waals surface area contributed by atoms with Gasteiger partial charge in [0.2, 0.25) is 0 Å². The Morgan fingerprint density at radius 2 is 2.17 bits per heavy atom. The maximum absolute atomic E-state index is 10.6. The molecule has 3 nitrogen and oxygen atoms in total. The summed E-state index contributed by atoms with van der Waals surface area (Å²) in [4.78, 5) is 12.0. The van der Waals surface area contributed by atoms with Crippen molar-refractivity contribution in [2.24, 2.45) is 5.41 Å². The molecule has 1 aliphatic heterocycles. The van der Waals surface area contributed by atoms with Crippen LogP contribution in [-0.2, 0) is 0 Å². The fraction of sp³-hybridized carbons (Fsp3) is 0.667. The van der Waals surface area contributed by atoms with Crippen molar-refractivity contribution in [3.05, 3.63) is 12.2 Å². The van der Waals surface area contributed by atoms with Gasteiger partial charge >= 0.3 is 0 Å². The Hall–Kier alpha value is -0.990. The molecule has 3 heteroatoms. The lowest BCUT2D eigenvalue weighted by Crippen LogP contribution is -2.49. The number of amides is 1. The quantitative estimate of drug-likeness (QED) is 0.497. The monoisotopic (exact) mass is 168 g/mol. The second kappa shape index (κ2) is 2.81. The number of carbonyl (C=O) groups is 1. The van der Waals surface area contributed by atoms with Gasteiger partial charge < -0.3 is 14.8 Å². The number of nitrogens with zero attached hydrogens (tertiary/aromatic N) is 1. The van der Waals surface area contributed by atoms with Gasteiger partial charge in [0.1, 0.15) is 6.09 Å². The van der Waals surface area contributed by atoms with Gasteiger partial charge in [-0.1, -0.05) is 32.9 Å². The van der Waals surface area contributed by atoms with Crippen molar-refractivity contribution in [2.45, 2.75) is 26.8 Å². The molecule has 0 bridgehead atoms. The molecule has 0 fully saturated rings. The Labute approximate surface area is 72.7 Å². The van der Waals surface area contributed by atoms with Gasteiger partial charge in [-0.3, -0.25) is 0 Å². The van der Waals surface area contributed by atoms with E-state index in [9.17, 15) is 9.90 Å². The van der Waals surface area contributed by atoms with Crippen molar-refractivity contribution in [3.63, 3.8) is 0 Å². The third-order valence-electron chi connectivity index (χ3n) is 2.08. The fourth-order valence-corrected chi connectivity index (χ4v) is 1.47. The molecule has 1 amide bonds. The van der Waals surface area contributed by atoms with Crippen molar-refractivity contribution < 1.29 is 9.90 Å². The number of carbonyl (C=O) groups excluding carboxylic acids is 1. The molecule has 0 aliphatic carbocycles. The van der Waals surface area contributed by atoms with E-state index in [1.165, 1.54) is 4.90 Å². The van der Waals surface area contributed by atoms with Crippen molar-refractivity contribution in [1.29, 1.82) is 0 Å². The Balaban J connectivity index is 2.76. The zero-order valence-electron chi connectivity index (χ0n) is 7.70. The average Bonchev–Trinajstić information content (AvgIpc) is 2.30. The molecule has 12 heavy (non-hydrogen) atoms. The first-order chi connectivity index (χ1) is 5.43. The maximum atomic E-state index is 10.6. The first-order valence-corrected chi connectivity index (χ1v) is 4.07. The van der Waals surface area contributed by atoms with Crippen molar-refractivity contribution >= 4 is 6.09 Å². The van der Waals surface area contributed by atoms with Gasteiger partial charge in [-0.2, -0.15) is 0 Å². The van der Waals surface area contributed by atoms with E-state index in [0.717, 1.165) is 0 Å². The minimum atomic E-state index is -1.08. The molecule has 1 rings (SSSR count). The number of hydrogen-bond acceptors (Lipinski definition) is 2. The molecular weight excluding hydrogens is 154 g/mol. The van der Waals surface area contributed by atoms with Crippen molar-refractivity contribution in [2.75, 3.05) is 6.54 Å². The number of carboxylic acid groups (broad SMARTS) is 1. The highest BCUT2D eigenvalue weighted by atomic mass is 16.4. The van der Waals surface area contributed by atoms with Gasteiger partial charge in [-0.25, -0.2) is 0 Å². The van der Waals surface area contributed by atoms with Gasteiger partial charge in [-0.15, -0.1) is 0 Å². The van der Waals surface area contributed by atoms with Crippen LogP contribution in [0.4, 0.5) is 4.79 Å². The molecule has 1 unspecified atom stereocenters.